The smallest absolute Gasteiger partial charge is 0.140 e. The molecule has 0 bridgehead atoms. The third-order valence-corrected chi connectivity index (χ3v) is 4.01. The number of rotatable bonds is 2. The summed E-state index contributed by atoms with van der Waals surface area (Å²) in [6.07, 6.45) is 0. The van der Waals surface area contributed by atoms with Gasteiger partial charge in [0.15, 0.2) is 0 Å². The van der Waals surface area contributed by atoms with Gasteiger partial charge in [0.25, 0.3) is 0 Å². The zero-order chi connectivity index (χ0) is 12.6. The molecule has 4 heteroatoms. The van der Waals surface area contributed by atoms with E-state index >= 15 is 0 Å². The fraction of sp³-hybridized carbons (Fsp3) is 0.385. The van der Waals surface area contributed by atoms with Gasteiger partial charge in [0.2, 0.25) is 0 Å². The first-order valence-corrected chi connectivity index (χ1v) is 6.99. The van der Waals surface area contributed by atoms with Crippen LogP contribution in [0, 0.1) is 18.5 Å². The van der Waals surface area contributed by atoms with Crippen LogP contribution in [0.25, 0.3) is 11.4 Å². The SMILES string of the molecule is Cc1cscc1-c1nc(=S)c(C(C)C)c(C)[nH]1. The van der Waals surface area contributed by atoms with Crippen molar-refractivity contribution in [3.05, 3.63) is 32.2 Å². The maximum atomic E-state index is 5.39. The number of hydrogen-bond acceptors (Lipinski definition) is 3. The summed E-state index contributed by atoms with van der Waals surface area (Å²) in [5.41, 5.74) is 4.67. The Bertz CT molecular complexity index is 594. The molecule has 0 aliphatic rings. The van der Waals surface area contributed by atoms with Gasteiger partial charge in [-0.2, -0.15) is 11.3 Å². The standard InChI is InChI=1S/C13H16N2S2/c1-7(2)11-9(4)14-12(15-13(11)16)10-6-17-5-8(10)3/h5-7H,1-4H3,(H,14,15,16). The van der Waals surface area contributed by atoms with Gasteiger partial charge in [0.05, 0.1) is 0 Å². The minimum atomic E-state index is 0.406. The van der Waals surface area contributed by atoms with Crippen molar-refractivity contribution in [2.45, 2.75) is 33.6 Å². The molecular formula is C13H16N2S2. The second-order valence-electron chi connectivity index (χ2n) is 4.55. The molecule has 2 nitrogen and oxygen atoms in total. The van der Waals surface area contributed by atoms with E-state index in [0.29, 0.717) is 5.92 Å². The van der Waals surface area contributed by atoms with Crippen LogP contribution in [0.4, 0.5) is 0 Å². The number of hydrogen-bond donors (Lipinski definition) is 1. The van der Waals surface area contributed by atoms with E-state index in [9.17, 15) is 0 Å². The third-order valence-electron chi connectivity index (χ3n) is 2.84. The summed E-state index contributed by atoms with van der Waals surface area (Å²) >= 11 is 7.08. The van der Waals surface area contributed by atoms with E-state index < -0.39 is 0 Å². The number of thiophene rings is 1. The Balaban J connectivity index is 2.61. The maximum absolute atomic E-state index is 5.39. The molecule has 0 spiro atoms. The Morgan fingerprint density at radius 2 is 2.00 bits per heavy atom. The van der Waals surface area contributed by atoms with Crippen LogP contribution in [0.5, 0.6) is 0 Å². The van der Waals surface area contributed by atoms with Gasteiger partial charge in [0, 0.05) is 22.2 Å². The van der Waals surface area contributed by atoms with E-state index in [2.05, 4.69) is 48.4 Å². The topological polar surface area (TPSA) is 28.7 Å². The summed E-state index contributed by atoms with van der Waals surface area (Å²) in [6.45, 7) is 8.44. The number of aromatic nitrogens is 2. The lowest BCUT2D eigenvalue weighted by atomic mass is 10.0. The van der Waals surface area contributed by atoms with Crippen molar-refractivity contribution < 1.29 is 0 Å². The molecule has 0 atom stereocenters. The number of nitrogens with zero attached hydrogens (tertiary/aromatic N) is 1. The first kappa shape index (κ1) is 12.5. The van der Waals surface area contributed by atoms with Crippen molar-refractivity contribution in [1.29, 1.82) is 0 Å². The van der Waals surface area contributed by atoms with Gasteiger partial charge < -0.3 is 4.98 Å². The molecule has 0 saturated carbocycles. The number of aryl methyl sites for hydroxylation is 2. The van der Waals surface area contributed by atoms with Gasteiger partial charge in [-0.05, 0) is 30.7 Å². The average molecular weight is 264 g/mol. The van der Waals surface area contributed by atoms with Gasteiger partial charge in [-0.3, -0.25) is 0 Å². The largest absolute Gasteiger partial charge is 0.343 e. The van der Waals surface area contributed by atoms with E-state index in [1.165, 1.54) is 5.56 Å². The summed E-state index contributed by atoms with van der Waals surface area (Å²) in [5, 5.41) is 4.23. The summed E-state index contributed by atoms with van der Waals surface area (Å²) in [7, 11) is 0. The number of nitrogens with one attached hydrogen (secondary N) is 1. The first-order valence-electron chi connectivity index (χ1n) is 5.64. The van der Waals surface area contributed by atoms with E-state index in [1.54, 1.807) is 11.3 Å². The molecular weight excluding hydrogens is 248 g/mol. The Morgan fingerprint density at radius 3 is 2.47 bits per heavy atom. The molecule has 2 aromatic heterocycles. The van der Waals surface area contributed by atoms with Crippen molar-refractivity contribution in [3.63, 3.8) is 0 Å². The third kappa shape index (κ3) is 2.33. The molecule has 0 aliphatic heterocycles. The zero-order valence-electron chi connectivity index (χ0n) is 10.5. The van der Waals surface area contributed by atoms with Crippen LogP contribution < -0.4 is 0 Å². The van der Waals surface area contributed by atoms with Crippen molar-refractivity contribution in [1.82, 2.24) is 9.97 Å². The highest BCUT2D eigenvalue weighted by Gasteiger charge is 2.11. The van der Waals surface area contributed by atoms with Gasteiger partial charge in [-0.1, -0.05) is 26.1 Å². The molecule has 0 amide bonds. The number of aromatic amines is 1. The van der Waals surface area contributed by atoms with Crippen LogP contribution in [-0.2, 0) is 0 Å². The molecule has 2 heterocycles. The quantitative estimate of drug-likeness (QED) is 0.803. The predicted octanol–water partition coefficient (Wildman–Crippen LogP) is 4.61. The van der Waals surface area contributed by atoms with Crippen molar-refractivity contribution in [2.24, 2.45) is 0 Å². The highest BCUT2D eigenvalue weighted by atomic mass is 32.1. The van der Waals surface area contributed by atoms with Crippen molar-refractivity contribution >= 4 is 23.6 Å². The minimum Gasteiger partial charge on any atom is -0.343 e. The van der Waals surface area contributed by atoms with Crippen molar-refractivity contribution in [2.75, 3.05) is 0 Å². The summed E-state index contributed by atoms with van der Waals surface area (Å²) < 4.78 is 0.719. The van der Waals surface area contributed by atoms with Gasteiger partial charge >= 0.3 is 0 Å². The van der Waals surface area contributed by atoms with Crippen LogP contribution in [0.1, 0.15) is 36.6 Å². The van der Waals surface area contributed by atoms with Crippen molar-refractivity contribution in [3.8, 4) is 11.4 Å². The maximum Gasteiger partial charge on any atom is 0.140 e. The zero-order valence-corrected chi connectivity index (χ0v) is 12.1. The molecule has 90 valence electrons. The lowest BCUT2D eigenvalue weighted by Crippen LogP contribution is -2.01. The molecule has 2 rings (SSSR count). The Morgan fingerprint density at radius 1 is 1.29 bits per heavy atom. The van der Waals surface area contributed by atoms with E-state index in [0.717, 1.165) is 27.3 Å². The van der Waals surface area contributed by atoms with E-state index in [4.69, 9.17) is 12.2 Å². The average Bonchev–Trinajstić information content (AvgIpc) is 2.62. The second-order valence-corrected chi connectivity index (χ2v) is 5.68. The van der Waals surface area contributed by atoms with Crippen LogP contribution in [0.2, 0.25) is 0 Å². The Kier molecular flexibility index (Phi) is 3.45. The molecule has 0 aliphatic carbocycles. The molecule has 17 heavy (non-hydrogen) atoms. The second kappa shape index (κ2) is 4.70. The molecule has 0 aromatic carbocycles. The monoisotopic (exact) mass is 264 g/mol. The fourth-order valence-electron chi connectivity index (χ4n) is 2.01. The summed E-state index contributed by atoms with van der Waals surface area (Å²) in [5.74, 6) is 1.29. The van der Waals surface area contributed by atoms with Gasteiger partial charge in [0.1, 0.15) is 10.5 Å². The first-order chi connectivity index (χ1) is 8.00. The van der Waals surface area contributed by atoms with E-state index in [1.807, 2.05) is 0 Å². The van der Waals surface area contributed by atoms with E-state index in [-0.39, 0.29) is 0 Å². The highest BCUT2D eigenvalue weighted by molar-refractivity contribution is 7.71. The summed E-state index contributed by atoms with van der Waals surface area (Å²) in [6, 6.07) is 0. The fourth-order valence-corrected chi connectivity index (χ4v) is 3.32. The minimum absolute atomic E-state index is 0.406. The molecule has 0 fully saturated rings. The van der Waals surface area contributed by atoms with Gasteiger partial charge in [-0.25, -0.2) is 4.98 Å². The molecule has 0 radical (unpaired) electrons. The Hall–Kier alpha value is -1.00. The molecule has 0 unspecified atom stereocenters. The van der Waals surface area contributed by atoms with Crippen LogP contribution >= 0.6 is 23.6 Å². The Labute approximate surface area is 111 Å². The normalized spacial score (nSPS) is 11.1. The van der Waals surface area contributed by atoms with Crippen LogP contribution in [-0.4, -0.2) is 9.97 Å². The lowest BCUT2D eigenvalue weighted by Gasteiger charge is -2.11. The predicted molar refractivity (Wildman–Crippen MR) is 76.3 cm³/mol. The molecule has 2 aromatic rings. The highest BCUT2D eigenvalue weighted by Crippen LogP contribution is 2.26. The lowest BCUT2D eigenvalue weighted by molar-refractivity contribution is 0.825. The van der Waals surface area contributed by atoms with Gasteiger partial charge in [-0.15, -0.1) is 0 Å². The van der Waals surface area contributed by atoms with Crippen LogP contribution in [0.3, 0.4) is 0 Å². The number of H-pyrrole nitrogens is 1. The van der Waals surface area contributed by atoms with Crippen LogP contribution in [0.15, 0.2) is 10.8 Å². The molecule has 0 saturated heterocycles. The summed E-state index contributed by atoms with van der Waals surface area (Å²) in [4.78, 5) is 7.89. The molecule has 1 N–H and O–H groups in total.